The van der Waals surface area contributed by atoms with Crippen LogP contribution in [0.2, 0.25) is 10.0 Å². The summed E-state index contributed by atoms with van der Waals surface area (Å²) in [5, 5.41) is 0.645. The second-order valence-electron chi connectivity index (χ2n) is 3.08. The number of hydrogen-bond donors (Lipinski definition) is 0. The Kier molecular flexibility index (Phi) is 6.29. The minimum Gasteiger partial charge on any atom is -0.467 e. The number of rotatable bonds is 7. The van der Waals surface area contributed by atoms with E-state index in [1.54, 1.807) is 7.11 Å². The number of carbonyl (C=O) groups excluding carboxylic acids is 1. The molecule has 0 unspecified atom stereocenters. The van der Waals surface area contributed by atoms with Gasteiger partial charge in [0.05, 0.1) is 23.8 Å². The van der Waals surface area contributed by atoms with E-state index in [1.807, 2.05) is 0 Å². The van der Waals surface area contributed by atoms with E-state index in [4.69, 9.17) is 37.4 Å². The highest BCUT2D eigenvalue weighted by Gasteiger charge is 2.09. The molecule has 94 valence electrons. The molecule has 6 heteroatoms. The van der Waals surface area contributed by atoms with Crippen molar-refractivity contribution < 1.29 is 19.0 Å². The lowest BCUT2D eigenvalue weighted by atomic mass is 10.2. The van der Waals surface area contributed by atoms with Gasteiger partial charge in [0.25, 0.3) is 0 Å². The van der Waals surface area contributed by atoms with Crippen LogP contribution < -0.4 is 4.74 Å². The lowest BCUT2D eigenvalue weighted by molar-refractivity contribution is -0.00865. The first-order chi connectivity index (χ1) is 8.19. The Hall–Kier alpha value is -0.810. The van der Waals surface area contributed by atoms with Gasteiger partial charge in [-0.15, -0.1) is 0 Å². The summed E-state index contributed by atoms with van der Waals surface area (Å²) in [6.45, 7) is 0.877. The minimum atomic E-state index is 0.000864. The second kappa shape index (κ2) is 7.50. The molecule has 0 bridgehead atoms. The van der Waals surface area contributed by atoms with Gasteiger partial charge in [0, 0.05) is 12.1 Å². The summed E-state index contributed by atoms with van der Waals surface area (Å²) in [5.74, 6) is 0.301. The Bertz CT molecular complexity index is 382. The van der Waals surface area contributed by atoms with Crippen LogP contribution in [-0.4, -0.2) is 33.4 Å². The molecule has 17 heavy (non-hydrogen) atoms. The van der Waals surface area contributed by atoms with Crippen molar-refractivity contribution in [2.24, 2.45) is 0 Å². The van der Waals surface area contributed by atoms with E-state index in [2.05, 4.69) is 0 Å². The molecule has 0 fully saturated rings. The summed E-state index contributed by atoms with van der Waals surface area (Å²) in [5.41, 5.74) is 0.256. The lowest BCUT2D eigenvalue weighted by Gasteiger charge is -2.10. The minimum absolute atomic E-state index is 0.000864. The molecule has 1 rings (SSSR count). The molecule has 0 aliphatic carbocycles. The fraction of sp³-hybridized carbons (Fsp3) is 0.364. The fourth-order valence-corrected chi connectivity index (χ4v) is 1.62. The maximum atomic E-state index is 10.8. The zero-order valence-corrected chi connectivity index (χ0v) is 10.8. The van der Waals surface area contributed by atoms with Gasteiger partial charge in [-0.25, -0.2) is 0 Å². The second-order valence-corrected chi connectivity index (χ2v) is 3.92. The van der Waals surface area contributed by atoms with Crippen molar-refractivity contribution in [1.29, 1.82) is 0 Å². The number of ether oxygens (including phenoxy) is 3. The summed E-state index contributed by atoms with van der Waals surface area (Å²) in [4.78, 5) is 10.8. The highest BCUT2D eigenvalue weighted by atomic mass is 35.5. The highest BCUT2D eigenvalue weighted by Crippen LogP contribution is 2.29. The van der Waals surface area contributed by atoms with Crippen LogP contribution in [0.4, 0.5) is 0 Å². The Balaban J connectivity index is 2.60. The molecule has 0 saturated carbocycles. The van der Waals surface area contributed by atoms with Crippen molar-refractivity contribution in [2.75, 3.05) is 27.1 Å². The van der Waals surface area contributed by atoms with E-state index in [1.165, 1.54) is 12.1 Å². The number of carbonyl (C=O) groups is 1. The van der Waals surface area contributed by atoms with E-state index in [0.29, 0.717) is 30.3 Å². The van der Waals surface area contributed by atoms with Crippen LogP contribution in [0.25, 0.3) is 0 Å². The quantitative estimate of drug-likeness (QED) is 0.437. The first-order valence-corrected chi connectivity index (χ1v) is 5.58. The molecular weight excluding hydrogens is 267 g/mol. The molecular formula is C11H12Cl2O4. The third kappa shape index (κ3) is 4.52. The van der Waals surface area contributed by atoms with Crippen molar-refractivity contribution >= 4 is 29.5 Å². The number of hydrogen-bond acceptors (Lipinski definition) is 4. The van der Waals surface area contributed by atoms with Gasteiger partial charge in [-0.2, -0.15) is 0 Å². The van der Waals surface area contributed by atoms with E-state index in [0.717, 1.165) is 0 Å². The SMILES string of the molecule is COCCOCOc1cc(Cl)cc(Cl)c1C=O. The predicted molar refractivity (Wildman–Crippen MR) is 65.2 cm³/mol. The van der Waals surface area contributed by atoms with Crippen molar-refractivity contribution in [3.05, 3.63) is 27.7 Å². The predicted octanol–water partition coefficient (Wildman–Crippen LogP) is 2.81. The largest absolute Gasteiger partial charge is 0.467 e. The van der Waals surface area contributed by atoms with Crippen molar-refractivity contribution in [3.63, 3.8) is 0 Å². The molecule has 4 nitrogen and oxygen atoms in total. The average Bonchev–Trinajstić information content (AvgIpc) is 2.28. The van der Waals surface area contributed by atoms with Crippen LogP contribution in [0.1, 0.15) is 10.4 Å². The molecule has 0 amide bonds. The zero-order valence-electron chi connectivity index (χ0n) is 9.24. The average molecular weight is 279 g/mol. The maximum Gasteiger partial charge on any atom is 0.189 e. The summed E-state index contributed by atoms with van der Waals surface area (Å²) >= 11 is 11.6. The molecule has 0 aromatic heterocycles. The van der Waals surface area contributed by atoms with Crippen molar-refractivity contribution in [2.45, 2.75) is 0 Å². The maximum absolute atomic E-state index is 10.8. The standard InChI is InChI=1S/C11H12Cl2O4/c1-15-2-3-16-7-17-11-5-8(12)4-10(13)9(11)6-14/h4-6H,2-3,7H2,1H3. The third-order valence-corrected chi connectivity index (χ3v) is 2.43. The molecule has 0 heterocycles. The Morgan fingerprint density at radius 3 is 2.71 bits per heavy atom. The van der Waals surface area contributed by atoms with Gasteiger partial charge >= 0.3 is 0 Å². The van der Waals surface area contributed by atoms with E-state index >= 15 is 0 Å². The molecule has 0 spiro atoms. The van der Waals surface area contributed by atoms with Gasteiger partial charge in [-0.1, -0.05) is 23.2 Å². The Morgan fingerprint density at radius 1 is 1.29 bits per heavy atom. The van der Waals surface area contributed by atoms with Gasteiger partial charge in [0.15, 0.2) is 13.1 Å². The van der Waals surface area contributed by atoms with E-state index < -0.39 is 0 Å². The van der Waals surface area contributed by atoms with Gasteiger partial charge < -0.3 is 14.2 Å². The lowest BCUT2D eigenvalue weighted by Crippen LogP contribution is -2.08. The van der Waals surface area contributed by atoms with Gasteiger partial charge in [-0.3, -0.25) is 4.79 Å². The molecule has 0 N–H and O–H groups in total. The van der Waals surface area contributed by atoms with Gasteiger partial charge in [0.2, 0.25) is 0 Å². The van der Waals surface area contributed by atoms with E-state index in [9.17, 15) is 4.79 Å². The summed E-state index contributed by atoms with van der Waals surface area (Å²) in [6.07, 6.45) is 0.614. The highest BCUT2D eigenvalue weighted by molar-refractivity contribution is 6.36. The molecule has 0 radical (unpaired) electrons. The Labute approximate surface area is 109 Å². The van der Waals surface area contributed by atoms with Gasteiger partial charge in [0.1, 0.15) is 5.75 Å². The molecule has 0 saturated heterocycles. The monoisotopic (exact) mass is 278 g/mol. The summed E-state index contributed by atoms with van der Waals surface area (Å²) < 4.78 is 15.2. The molecule has 1 aromatic carbocycles. The van der Waals surface area contributed by atoms with Crippen LogP contribution in [0.3, 0.4) is 0 Å². The van der Waals surface area contributed by atoms with Gasteiger partial charge in [-0.05, 0) is 12.1 Å². The fourth-order valence-electron chi connectivity index (χ4n) is 1.10. The van der Waals surface area contributed by atoms with Crippen molar-refractivity contribution in [1.82, 2.24) is 0 Å². The zero-order chi connectivity index (χ0) is 12.7. The molecule has 0 aliphatic rings. The molecule has 1 aromatic rings. The normalized spacial score (nSPS) is 10.3. The summed E-state index contributed by atoms with van der Waals surface area (Å²) in [7, 11) is 1.57. The smallest absolute Gasteiger partial charge is 0.189 e. The molecule has 0 aliphatic heterocycles. The number of aldehydes is 1. The summed E-state index contributed by atoms with van der Waals surface area (Å²) in [6, 6.07) is 2.99. The van der Waals surface area contributed by atoms with E-state index in [-0.39, 0.29) is 17.4 Å². The van der Waals surface area contributed by atoms with Crippen LogP contribution in [-0.2, 0) is 9.47 Å². The first-order valence-electron chi connectivity index (χ1n) is 4.82. The van der Waals surface area contributed by atoms with Crippen LogP contribution in [0.15, 0.2) is 12.1 Å². The van der Waals surface area contributed by atoms with Crippen LogP contribution >= 0.6 is 23.2 Å². The van der Waals surface area contributed by atoms with Crippen molar-refractivity contribution in [3.8, 4) is 5.75 Å². The Morgan fingerprint density at radius 2 is 2.06 bits per heavy atom. The molecule has 0 atom stereocenters. The third-order valence-electron chi connectivity index (χ3n) is 1.90. The van der Waals surface area contributed by atoms with Crippen LogP contribution in [0, 0.1) is 0 Å². The van der Waals surface area contributed by atoms with Crippen LogP contribution in [0.5, 0.6) is 5.75 Å². The topological polar surface area (TPSA) is 44.8 Å². The first kappa shape index (κ1) is 14.3. The number of benzene rings is 1. The number of methoxy groups -OCH3 is 1. The number of halogens is 2.